The molecule has 2 aromatic rings. The fraction of sp³-hybridized carbons (Fsp3) is 0.440. The van der Waals surface area contributed by atoms with Crippen molar-refractivity contribution in [2.24, 2.45) is 5.92 Å². The SMILES string of the molecule is CO[C@@H]1CN(C)C(=O)c2ccc(NC(=O)Nc3cc(F)ccc3F)cc2OC[C@H](C)N(C)C[C@H]1C. The van der Waals surface area contributed by atoms with Gasteiger partial charge < -0.3 is 25.0 Å². The molecule has 8 nitrogen and oxygen atoms in total. The number of hydrogen-bond donors (Lipinski definition) is 2. The van der Waals surface area contributed by atoms with Gasteiger partial charge >= 0.3 is 6.03 Å². The first-order valence-corrected chi connectivity index (χ1v) is 11.4. The second-order valence-electron chi connectivity index (χ2n) is 8.95. The number of likely N-dealkylation sites (N-methyl/N-ethyl adjacent to an activating group) is 2. The van der Waals surface area contributed by atoms with Gasteiger partial charge in [0.1, 0.15) is 24.0 Å². The minimum Gasteiger partial charge on any atom is -0.491 e. The maximum Gasteiger partial charge on any atom is 0.323 e. The van der Waals surface area contributed by atoms with Crippen LogP contribution in [0.3, 0.4) is 0 Å². The van der Waals surface area contributed by atoms with E-state index in [1.54, 1.807) is 31.2 Å². The van der Waals surface area contributed by atoms with Crippen molar-refractivity contribution in [3.05, 3.63) is 53.6 Å². The lowest BCUT2D eigenvalue weighted by Gasteiger charge is -2.34. The number of carbonyl (C=O) groups is 2. The molecule has 10 heteroatoms. The van der Waals surface area contributed by atoms with Crippen molar-refractivity contribution in [3.8, 4) is 5.75 Å². The van der Waals surface area contributed by atoms with Crippen LogP contribution in [0.2, 0.25) is 0 Å². The fourth-order valence-corrected chi connectivity index (χ4v) is 3.91. The van der Waals surface area contributed by atoms with E-state index in [0.29, 0.717) is 30.2 Å². The van der Waals surface area contributed by atoms with E-state index in [-0.39, 0.29) is 29.7 Å². The molecule has 35 heavy (non-hydrogen) atoms. The van der Waals surface area contributed by atoms with Crippen molar-refractivity contribution in [2.75, 3.05) is 51.5 Å². The molecule has 190 valence electrons. The first kappa shape index (κ1) is 26.4. The summed E-state index contributed by atoms with van der Waals surface area (Å²) in [4.78, 5) is 29.4. The maximum atomic E-state index is 13.9. The third-order valence-electron chi connectivity index (χ3n) is 6.19. The highest BCUT2D eigenvalue weighted by molar-refractivity contribution is 6.01. The Morgan fingerprint density at radius 1 is 1.09 bits per heavy atom. The standard InChI is InChI=1S/C25H32F2N4O4/c1-15-12-30(3)16(2)14-35-22-11-18(7-8-19(22)24(32)31(4)13-23(15)34-5)28-25(33)29-21-10-17(26)6-9-20(21)27/h6-11,15-16,23H,12-14H2,1-5H3,(H2,28,29,33)/t15-,16+,23-/m1/s1. The fourth-order valence-electron chi connectivity index (χ4n) is 3.91. The molecule has 1 aliphatic heterocycles. The predicted molar refractivity (Wildman–Crippen MR) is 130 cm³/mol. The number of methoxy groups -OCH3 is 1. The van der Waals surface area contributed by atoms with E-state index in [1.165, 1.54) is 6.07 Å². The highest BCUT2D eigenvalue weighted by Crippen LogP contribution is 2.27. The maximum absolute atomic E-state index is 13.9. The van der Waals surface area contributed by atoms with E-state index in [2.05, 4.69) is 22.5 Å². The van der Waals surface area contributed by atoms with Crippen molar-refractivity contribution >= 4 is 23.3 Å². The molecule has 0 aliphatic carbocycles. The number of fused-ring (bicyclic) bond motifs is 1. The summed E-state index contributed by atoms with van der Waals surface area (Å²) < 4.78 is 38.9. The zero-order chi connectivity index (χ0) is 25.7. The molecule has 3 rings (SSSR count). The minimum atomic E-state index is -0.768. The lowest BCUT2D eigenvalue weighted by atomic mass is 10.0. The summed E-state index contributed by atoms with van der Waals surface area (Å²) in [5, 5.41) is 4.84. The molecular formula is C25H32F2N4O4. The second kappa shape index (κ2) is 11.5. The number of hydrogen-bond acceptors (Lipinski definition) is 5. The van der Waals surface area contributed by atoms with Crippen molar-refractivity contribution in [1.82, 2.24) is 9.80 Å². The monoisotopic (exact) mass is 490 g/mol. The van der Waals surface area contributed by atoms with E-state index in [0.717, 1.165) is 24.7 Å². The van der Waals surface area contributed by atoms with Gasteiger partial charge in [0.25, 0.3) is 5.91 Å². The van der Waals surface area contributed by atoms with Crippen LogP contribution in [0.4, 0.5) is 25.0 Å². The predicted octanol–water partition coefficient (Wildman–Crippen LogP) is 4.04. The average molecular weight is 491 g/mol. The van der Waals surface area contributed by atoms with E-state index in [1.807, 2.05) is 14.0 Å². The Kier molecular flexibility index (Phi) is 8.63. The molecule has 2 aromatic carbocycles. The number of benzene rings is 2. The van der Waals surface area contributed by atoms with Crippen molar-refractivity contribution in [2.45, 2.75) is 26.0 Å². The van der Waals surface area contributed by atoms with Gasteiger partial charge in [0, 0.05) is 51.1 Å². The van der Waals surface area contributed by atoms with Crippen LogP contribution in [0, 0.1) is 17.6 Å². The van der Waals surface area contributed by atoms with Crippen LogP contribution in [0.15, 0.2) is 36.4 Å². The van der Waals surface area contributed by atoms with Crippen LogP contribution in [-0.4, -0.2) is 74.8 Å². The molecule has 0 fully saturated rings. The number of anilines is 2. The topological polar surface area (TPSA) is 83.1 Å². The summed E-state index contributed by atoms with van der Waals surface area (Å²) in [6, 6.07) is 6.71. The number of carbonyl (C=O) groups excluding carboxylic acids is 2. The number of nitrogens with zero attached hydrogens (tertiary/aromatic N) is 2. The summed E-state index contributed by atoms with van der Waals surface area (Å²) in [6.07, 6.45) is -0.143. The van der Waals surface area contributed by atoms with E-state index in [9.17, 15) is 18.4 Å². The van der Waals surface area contributed by atoms with Crippen molar-refractivity contribution in [3.63, 3.8) is 0 Å². The van der Waals surface area contributed by atoms with Crippen LogP contribution in [0.25, 0.3) is 0 Å². The molecule has 0 aromatic heterocycles. The smallest absolute Gasteiger partial charge is 0.323 e. The van der Waals surface area contributed by atoms with Crippen molar-refractivity contribution in [1.29, 1.82) is 0 Å². The Balaban J connectivity index is 1.84. The molecule has 0 bridgehead atoms. The molecular weight excluding hydrogens is 458 g/mol. The molecule has 1 aliphatic rings. The first-order valence-electron chi connectivity index (χ1n) is 11.4. The third kappa shape index (κ3) is 6.67. The van der Waals surface area contributed by atoms with Crippen molar-refractivity contribution < 1.29 is 27.8 Å². The van der Waals surface area contributed by atoms with Gasteiger partial charge in [-0.05, 0) is 44.2 Å². The van der Waals surface area contributed by atoms with Gasteiger partial charge in [0.05, 0.1) is 17.4 Å². The number of amides is 3. The molecule has 0 saturated carbocycles. The number of halogens is 2. The number of nitrogens with one attached hydrogen (secondary N) is 2. The zero-order valence-electron chi connectivity index (χ0n) is 20.6. The molecule has 1 heterocycles. The van der Waals surface area contributed by atoms with Gasteiger partial charge in [-0.3, -0.25) is 9.69 Å². The highest BCUT2D eigenvalue weighted by atomic mass is 19.1. The van der Waals surface area contributed by atoms with Crippen LogP contribution >= 0.6 is 0 Å². The Labute approximate surface area is 204 Å². The molecule has 3 amide bonds. The number of ether oxygens (including phenoxy) is 2. The number of rotatable bonds is 3. The van der Waals surface area contributed by atoms with Gasteiger partial charge in [-0.1, -0.05) is 6.92 Å². The third-order valence-corrected chi connectivity index (χ3v) is 6.19. The minimum absolute atomic E-state index is 0.0472. The second-order valence-corrected chi connectivity index (χ2v) is 8.95. The molecule has 2 N–H and O–H groups in total. The number of urea groups is 1. The molecule has 0 spiro atoms. The Hall–Kier alpha value is -3.24. The largest absolute Gasteiger partial charge is 0.491 e. The summed E-state index contributed by atoms with van der Waals surface area (Å²) in [5.41, 5.74) is 0.373. The summed E-state index contributed by atoms with van der Waals surface area (Å²) in [5.74, 6) is -1.19. The van der Waals surface area contributed by atoms with Gasteiger partial charge in [-0.15, -0.1) is 0 Å². The van der Waals surface area contributed by atoms with E-state index in [4.69, 9.17) is 9.47 Å². The van der Waals surface area contributed by atoms with Crippen LogP contribution < -0.4 is 15.4 Å². The molecule has 0 unspecified atom stereocenters. The average Bonchev–Trinajstić information content (AvgIpc) is 2.81. The highest BCUT2D eigenvalue weighted by Gasteiger charge is 2.27. The van der Waals surface area contributed by atoms with Crippen LogP contribution in [0.5, 0.6) is 5.75 Å². The van der Waals surface area contributed by atoms with Gasteiger partial charge in [0.2, 0.25) is 0 Å². The van der Waals surface area contributed by atoms with E-state index >= 15 is 0 Å². The summed E-state index contributed by atoms with van der Waals surface area (Å²) in [7, 11) is 5.35. The van der Waals surface area contributed by atoms with Gasteiger partial charge in [-0.25, -0.2) is 13.6 Å². The first-order chi connectivity index (χ1) is 16.6. The van der Waals surface area contributed by atoms with E-state index < -0.39 is 17.7 Å². The molecule has 0 radical (unpaired) electrons. The molecule has 0 saturated heterocycles. The van der Waals surface area contributed by atoms with Gasteiger partial charge in [-0.2, -0.15) is 0 Å². The van der Waals surface area contributed by atoms with Gasteiger partial charge in [0.15, 0.2) is 0 Å². The zero-order valence-corrected chi connectivity index (χ0v) is 20.6. The summed E-state index contributed by atoms with van der Waals surface area (Å²) >= 11 is 0. The summed E-state index contributed by atoms with van der Waals surface area (Å²) in [6.45, 7) is 5.59. The lowest BCUT2D eigenvalue weighted by Crippen LogP contribution is -2.45. The molecule has 3 atom stereocenters. The Morgan fingerprint density at radius 3 is 2.54 bits per heavy atom. The van der Waals surface area contributed by atoms with Crippen LogP contribution in [-0.2, 0) is 4.74 Å². The lowest BCUT2D eigenvalue weighted by molar-refractivity contribution is 0.0150. The Bertz CT molecular complexity index is 1070. The quantitative estimate of drug-likeness (QED) is 0.679. The normalized spacial score (nSPS) is 21.9. The van der Waals surface area contributed by atoms with Crippen LogP contribution in [0.1, 0.15) is 24.2 Å². The Morgan fingerprint density at radius 2 is 1.83 bits per heavy atom.